The summed E-state index contributed by atoms with van der Waals surface area (Å²) in [5, 5.41) is 20.3. The Balaban J connectivity index is 0.942. The van der Waals surface area contributed by atoms with Crippen molar-refractivity contribution in [3.63, 3.8) is 0 Å². The van der Waals surface area contributed by atoms with Crippen LogP contribution in [0.1, 0.15) is 84.9 Å². The first-order valence-electron chi connectivity index (χ1n) is 27.1. The maximum absolute atomic E-state index is 15.8. The van der Waals surface area contributed by atoms with E-state index in [4.69, 9.17) is 4.74 Å². The zero-order valence-electron chi connectivity index (χ0n) is 44.7. The van der Waals surface area contributed by atoms with Crippen molar-refractivity contribution in [1.82, 2.24) is 33.6 Å². The fraction of sp³-hybridized carbons (Fsp3) is 0.410. The number of fused-ring (bicyclic) bond motifs is 2. The normalized spacial score (nSPS) is 17.2. The van der Waals surface area contributed by atoms with Crippen molar-refractivity contribution >= 4 is 29.1 Å². The number of carbonyl (C=O) groups is 3. The Hall–Kier alpha value is -7.32. The maximum atomic E-state index is 15.8. The molecule has 10 rings (SSSR count). The lowest BCUT2D eigenvalue weighted by Crippen LogP contribution is -2.51. The van der Waals surface area contributed by atoms with Gasteiger partial charge in [-0.25, -0.2) is 8.78 Å². The van der Waals surface area contributed by atoms with Crippen LogP contribution in [0.15, 0.2) is 97.1 Å². The molecule has 1 atom stereocenters. The minimum atomic E-state index is -2.32. The van der Waals surface area contributed by atoms with E-state index in [1.807, 2.05) is 72.8 Å². The van der Waals surface area contributed by atoms with Crippen LogP contribution in [0.2, 0.25) is 0 Å². The highest BCUT2D eigenvalue weighted by atomic mass is 19.3. The first-order valence-corrected chi connectivity index (χ1v) is 27.1. The van der Waals surface area contributed by atoms with Crippen LogP contribution in [0.4, 0.5) is 20.2 Å². The topological polar surface area (TPSA) is 134 Å². The number of rotatable bonds is 15. The van der Waals surface area contributed by atoms with Crippen molar-refractivity contribution in [3.8, 4) is 28.8 Å². The summed E-state index contributed by atoms with van der Waals surface area (Å²) in [4.78, 5) is 57.3. The van der Waals surface area contributed by atoms with E-state index in [1.165, 1.54) is 24.1 Å². The van der Waals surface area contributed by atoms with Crippen LogP contribution >= 0.6 is 0 Å². The minimum absolute atomic E-state index is 0.0172. The highest BCUT2D eigenvalue weighted by Crippen LogP contribution is 2.39. The molecule has 0 radical (unpaired) electrons. The van der Waals surface area contributed by atoms with Crippen LogP contribution < -0.4 is 9.64 Å². The van der Waals surface area contributed by atoms with Gasteiger partial charge in [0.1, 0.15) is 29.9 Å². The third-order valence-electron chi connectivity index (χ3n) is 16.5. The van der Waals surface area contributed by atoms with Gasteiger partial charge in [0.05, 0.1) is 24.2 Å². The SMILES string of the molecule is Cc1c(N(C(=O)c2cc(-c3cc4c(cc3C(=O)N3Cc5ccccc5C[C@H]3CN3CCCCC3)CN(C(=O)Cc3ccc(OCCN5CCN(CC(F)F)CC5)cc3)CC4)n(C)c2C)c2ccc(O)cc2)cc(C#N)n1C. The Morgan fingerprint density at radius 3 is 2.17 bits per heavy atom. The van der Waals surface area contributed by atoms with Gasteiger partial charge in [0.25, 0.3) is 18.2 Å². The maximum Gasteiger partial charge on any atom is 0.264 e. The number of carbonyl (C=O) groups excluding carboxylic acids is 3. The van der Waals surface area contributed by atoms with Gasteiger partial charge < -0.3 is 33.7 Å². The number of piperazine rings is 1. The van der Waals surface area contributed by atoms with E-state index < -0.39 is 6.43 Å². The van der Waals surface area contributed by atoms with Gasteiger partial charge in [0, 0.05) is 113 Å². The van der Waals surface area contributed by atoms with E-state index in [-0.39, 0.29) is 42.5 Å². The summed E-state index contributed by atoms with van der Waals surface area (Å²) >= 11 is 0. The standard InChI is InChI=1S/C61H69F2N9O5/c1-41-53(61(76)72(48-14-16-51(73)17-15-48)56-34-49(36-64)65(3)42(56)2)35-57(66(41)4)54-32-45-20-23-70(59(74)30-43-12-18-52(19-13-43)77-29-28-67-24-26-69(27-25-67)40-58(62)63)37-47(45)33-55(54)60(75)71-38-46-11-7-6-10-44(46)31-50(71)39-68-21-8-5-9-22-68/h6-7,10-19,32-35,50,58,73H,5,8-9,20-31,37-40H2,1-4H3/t50-/m0/s1. The Morgan fingerprint density at radius 2 is 1.47 bits per heavy atom. The number of hydrogen-bond acceptors (Lipinski definition) is 9. The summed E-state index contributed by atoms with van der Waals surface area (Å²) in [6.45, 7) is 11.5. The average molecular weight is 1050 g/mol. The molecule has 2 aromatic heterocycles. The number of anilines is 2. The van der Waals surface area contributed by atoms with Gasteiger partial charge in [-0.3, -0.25) is 29.1 Å². The molecule has 6 heterocycles. The highest BCUT2D eigenvalue weighted by molar-refractivity contribution is 6.13. The van der Waals surface area contributed by atoms with Gasteiger partial charge in [-0.2, -0.15) is 5.26 Å². The summed E-state index contributed by atoms with van der Waals surface area (Å²) in [6, 6.07) is 32.3. The highest BCUT2D eigenvalue weighted by Gasteiger charge is 2.36. The molecular formula is C61H69F2N9O5. The Kier molecular flexibility index (Phi) is 15.9. The van der Waals surface area contributed by atoms with E-state index in [2.05, 4.69) is 45.0 Å². The molecule has 0 bridgehead atoms. The average Bonchev–Trinajstić information content (AvgIpc) is 3.92. The number of phenolic OH excluding ortho intramolecular Hbond substituents is 1. The molecule has 6 aromatic rings. The van der Waals surface area contributed by atoms with Crippen LogP contribution in [0.3, 0.4) is 0 Å². The van der Waals surface area contributed by atoms with Gasteiger partial charge in [0.2, 0.25) is 5.91 Å². The first-order chi connectivity index (χ1) is 37.2. The number of alkyl halides is 2. The molecule has 2 fully saturated rings. The van der Waals surface area contributed by atoms with Crippen LogP contribution in [0.5, 0.6) is 11.5 Å². The van der Waals surface area contributed by atoms with E-state index in [9.17, 15) is 23.9 Å². The summed E-state index contributed by atoms with van der Waals surface area (Å²) in [5.74, 6) is 0.310. The Bertz CT molecular complexity index is 3170. The summed E-state index contributed by atoms with van der Waals surface area (Å²) in [5.41, 5.74) is 10.4. The number of halogens is 2. The molecule has 0 aliphatic carbocycles. The first kappa shape index (κ1) is 53.1. The third kappa shape index (κ3) is 11.5. The van der Waals surface area contributed by atoms with Gasteiger partial charge in [-0.15, -0.1) is 0 Å². The number of ether oxygens (including phenoxy) is 1. The predicted molar refractivity (Wildman–Crippen MR) is 293 cm³/mol. The number of likely N-dealkylation sites (tertiary alicyclic amines) is 1. The molecular weight excluding hydrogens is 977 g/mol. The molecule has 4 aliphatic heterocycles. The number of hydrogen-bond donors (Lipinski definition) is 1. The summed E-state index contributed by atoms with van der Waals surface area (Å²) < 4.78 is 35.4. The fourth-order valence-electron chi connectivity index (χ4n) is 11.7. The van der Waals surface area contributed by atoms with Crippen molar-refractivity contribution in [2.24, 2.45) is 14.1 Å². The predicted octanol–water partition coefficient (Wildman–Crippen LogP) is 8.65. The van der Waals surface area contributed by atoms with Crippen molar-refractivity contribution < 1.29 is 33.0 Å². The van der Waals surface area contributed by atoms with Gasteiger partial charge in [-0.1, -0.05) is 42.8 Å². The molecule has 0 saturated carbocycles. The lowest BCUT2D eigenvalue weighted by atomic mass is 9.89. The summed E-state index contributed by atoms with van der Waals surface area (Å²) in [7, 11) is 3.71. The third-order valence-corrected chi connectivity index (χ3v) is 16.5. The van der Waals surface area contributed by atoms with E-state index >= 15 is 9.59 Å². The van der Waals surface area contributed by atoms with Crippen molar-refractivity contribution in [2.75, 3.05) is 77.0 Å². The second kappa shape index (κ2) is 23.1. The van der Waals surface area contributed by atoms with Gasteiger partial charge in [0.15, 0.2) is 0 Å². The van der Waals surface area contributed by atoms with Gasteiger partial charge in [-0.05, 0) is 141 Å². The zero-order chi connectivity index (χ0) is 53.9. The molecule has 1 N–H and O–H groups in total. The minimum Gasteiger partial charge on any atom is -0.508 e. The zero-order valence-corrected chi connectivity index (χ0v) is 44.7. The van der Waals surface area contributed by atoms with Crippen LogP contribution in [-0.2, 0) is 51.2 Å². The monoisotopic (exact) mass is 1050 g/mol. The molecule has 16 heteroatoms. The lowest BCUT2D eigenvalue weighted by Gasteiger charge is -2.41. The molecule has 14 nitrogen and oxygen atoms in total. The number of piperidine rings is 1. The van der Waals surface area contributed by atoms with Crippen LogP contribution in [0.25, 0.3) is 11.3 Å². The molecule has 0 unspecified atom stereocenters. The lowest BCUT2D eigenvalue weighted by molar-refractivity contribution is -0.131. The largest absolute Gasteiger partial charge is 0.508 e. The van der Waals surface area contributed by atoms with Crippen molar-refractivity contribution in [2.45, 2.75) is 77.9 Å². The van der Waals surface area contributed by atoms with Crippen molar-refractivity contribution in [3.05, 3.63) is 153 Å². The van der Waals surface area contributed by atoms with Crippen LogP contribution in [-0.4, -0.2) is 141 Å². The Labute approximate surface area is 450 Å². The molecule has 2 saturated heterocycles. The van der Waals surface area contributed by atoms with E-state index in [0.717, 1.165) is 74.2 Å². The van der Waals surface area contributed by atoms with Gasteiger partial charge >= 0.3 is 0 Å². The molecule has 3 amide bonds. The number of amides is 3. The number of nitriles is 1. The summed E-state index contributed by atoms with van der Waals surface area (Å²) in [6.07, 6.45) is 2.68. The quantitative estimate of drug-likeness (QED) is 0.107. The molecule has 77 heavy (non-hydrogen) atoms. The molecule has 4 aromatic carbocycles. The molecule has 402 valence electrons. The van der Waals surface area contributed by atoms with E-state index in [1.54, 1.807) is 39.6 Å². The Morgan fingerprint density at radius 1 is 0.753 bits per heavy atom. The second-order valence-corrected chi connectivity index (χ2v) is 21.3. The van der Waals surface area contributed by atoms with E-state index in [0.29, 0.717) is 109 Å². The van der Waals surface area contributed by atoms with Crippen molar-refractivity contribution in [1.29, 1.82) is 5.26 Å². The van der Waals surface area contributed by atoms with Crippen LogP contribution in [0, 0.1) is 25.2 Å². The number of aromatic hydroxyl groups is 1. The number of aromatic nitrogens is 2. The molecule has 0 spiro atoms. The molecule has 4 aliphatic rings. The number of benzene rings is 4. The second-order valence-electron chi connectivity index (χ2n) is 21.3. The number of nitrogens with zero attached hydrogens (tertiary/aromatic N) is 9. The smallest absolute Gasteiger partial charge is 0.264 e. The number of phenols is 1. The fourth-order valence-corrected chi connectivity index (χ4v) is 11.7.